The Bertz CT molecular complexity index is 1320. The van der Waals surface area contributed by atoms with E-state index in [2.05, 4.69) is 25.7 Å². The molecule has 0 saturated carbocycles. The highest BCUT2D eigenvalue weighted by atomic mass is 35.5. The molecule has 4 aromatic rings. The first kappa shape index (κ1) is 23.5. The van der Waals surface area contributed by atoms with Gasteiger partial charge in [-0.1, -0.05) is 23.2 Å². The first-order valence-corrected chi connectivity index (χ1v) is 11.2. The van der Waals surface area contributed by atoms with Crippen LogP contribution in [-0.4, -0.2) is 32.8 Å². The summed E-state index contributed by atoms with van der Waals surface area (Å²) in [7, 11) is 1.50. The Labute approximate surface area is 206 Å². The van der Waals surface area contributed by atoms with Crippen molar-refractivity contribution >= 4 is 46.4 Å². The molecule has 0 aliphatic heterocycles. The molecule has 2 heterocycles. The van der Waals surface area contributed by atoms with Crippen molar-refractivity contribution in [2.75, 3.05) is 17.7 Å². The van der Waals surface area contributed by atoms with Crippen molar-refractivity contribution < 1.29 is 9.53 Å². The molecule has 0 saturated heterocycles. The second kappa shape index (κ2) is 10.1. The van der Waals surface area contributed by atoms with Crippen molar-refractivity contribution in [3.8, 4) is 17.1 Å². The van der Waals surface area contributed by atoms with Gasteiger partial charge in [-0.2, -0.15) is 5.10 Å². The molecule has 2 N–H and O–H groups in total. The van der Waals surface area contributed by atoms with Crippen molar-refractivity contribution in [2.45, 2.75) is 19.9 Å². The van der Waals surface area contributed by atoms with E-state index < -0.39 is 0 Å². The topological polar surface area (TPSA) is 94.0 Å². The van der Waals surface area contributed by atoms with Gasteiger partial charge in [0.1, 0.15) is 17.1 Å². The SMILES string of the molecule is COc1cc(Nc2ncc(Cl)c(-c3ccn(C(C)C)n3)n2)ccc1C(=O)Nc1ccc(Cl)cc1. The van der Waals surface area contributed by atoms with Gasteiger partial charge in [-0.3, -0.25) is 9.48 Å². The summed E-state index contributed by atoms with van der Waals surface area (Å²) >= 11 is 12.2. The number of hydrogen-bond donors (Lipinski definition) is 2. The lowest BCUT2D eigenvalue weighted by Gasteiger charge is -2.12. The number of ether oxygens (including phenoxy) is 1. The maximum absolute atomic E-state index is 12.7. The van der Waals surface area contributed by atoms with Crippen LogP contribution in [0.5, 0.6) is 5.75 Å². The molecule has 0 unspecified atom stereocenters. The zero-order valence-corrected chi connectivity index (χ0v) is 20.2. The Hall–Kier alpha value is -3.62. The van der Waals surface area contributed by atoms with Crippen LogP contribution in [0, 0.1) is 0 Å². The number of methoxy groups -OCH3 is 1. The number of rotatable bonds is 7. The number of hydrogen-bond acceptors (Lipinski definition) is 6. The summed E-state index contributed by atoms with van der Waals surface area (Å²) in [4.78, 5) is 21.5. The minimum atomic E-state index is -0.309. The molecule has 174 valence electrons. The maximum atomic E-state index is 12.7. The third-order valence-electron chi connectivity index (χ3n) is 4.93. The standard InChI is InChI=1S/C24H22Cl2N6O2/c1-14(2)32-11-10-20(31-32)22-19(26)13-27-24(30-22)29-17-8-9-18(21(12-17)34-3)23(33)28-16-6-4-15(25)5-7-16/h4-14H,1-3H3,(H,28,33)(H,27,29,30). The normalized spacial score (nSPS) is 10.9. The quantitative estimate of drug-likeness (QED) is 0.314. The molecular weight excluding hydrogens is 475 g/mol. The fourth-order valence-corrected chi connectivity index (χ4v) is 3.49. The van der Waals surface area contributed by atoms with Gasteiger partial charge in [0.25, 0.3) is 5.91 Å². The summed E-state index contributed by atoms with van der Waals surface area (Å²) in [6.07, 6.45) is 3.40. The summed E-state index contributed by atoms with van der Waals surface area (Å²) < 4.78 is 7.28. The van der Waals surface area contributed by atoms with Crippen LogP contribution in [0.3, 0.4) is 0 Å². The van der Waals surface area contributed by atoms with E-state index in [-0.39, 0.29) is 11.9 Å². The third-order valence-corrected chi connectivity index (χ3v) is 5.46. The van der Waals surface area contributed by atoms with Crippen LogP contribution in [0.1, 0.15) is 30.2 Å². The number of anilines is 3. The number of amides is 1. The molecule has 0 bridgehead atoms. The summed E-state index contributed by atoms with van der Waals surface area (Å²) in [5, 5.41) is 11.5. The minimum Gasteiger partial charge on any atom is -0.496 e. The van der Waals surface area contributed by atoms with Gasteiger partial charge in [0, 0.05) is 34.7 Å². The van der Waals surface area contributed by atoms with Crippen LogP contribution in [0.25, 0.3) is 11.4 Å². The monoisotopic (exact) mass is 496 g/mol. The highest BCUT2D eigenvalue weighted by molar-refractivity contribution is 6.32. The lowest BCUT2D eigenvalue weighted by atomic mass is 10.1. The second-order valence-corrected chi connectivity index (χ2v) is 8.51. The van der Waals surface area contributed by atoms with Gasteiger partial charge in [0.2, 0.25) is 5.95 Å². The molecule has 4 rings (SSSR count). The van der Waals surface area contributed by atoms with E-state index in [4.69, 9.17) is 27.9 Å². The summed E-state index contributed by atoms with van der Waals surface area (Å²) in [6.45, 7) is 4.08. The molecule has 2 aromatic heterocycles. The van der Waals surface area contributed by atoms with E-state index >= 15 is 0 Å². The van der Waals surface area contributed by atoms with Crippen LogP contribution in [0.2, 0.25) is 10.0 Å². The van der Waals surface area contributed by atoms with Crippen molar-refractivity contribution in [3.05, 3.63) is 76.5 Å². The molecular formula is C24H22Cl2N6O2. The van der Waals surface area contributed by atoms with Gasteiger partial charge >= 0.3 is 0 Å². The molecule has 0 aliphatic carbocycles. The van der Waals surface area contributed by atoms with Crippen LogP contribution >= 0.6 is 23.2 Å². The average Bonchev–Trinajstić information content (AvgIpc) is 3.32. The summed E-state index contributed by atoms with van der Waals surface area (Å²) in [5.41, 5.74) is 2.81. The Morgan fingerprint density at radius 2 is 1.79 bits per heavy atom. The van der Waals surface area contributed by atoms with Gasteiger partial charge in [-0.05, 0) is 56.3 Å². The largest absolute Gasteiger partial charge is 0.496 e. The van der Waals surface area contributed by atoms with Crippen molar-refractivity contribution in [1.29, 1.82) is 0 Å². The number of halogens is 2. The van der Waals surface area contributed by atoms with Crippen LogP contribution in [0.15, 0.2) is 60.9 Å². The predicted molar refractivity (Wildman–Crippen MR) is 134 cm³/mol. The first-order chi connectivity index (χ1) is 16.3. The Morgan fingerprint density at radius 3 is 2.47 bits per heavy atom. The van der Waals surface area contributed by atoms with E-state index in [0.717, 1.165) is 0 Å². The van der Waals surface area contributed by atoms with E-state index in [9.17, 15) is 4.79 Å². The summed E-state index contributed by atoms with van der Waals surface area (Å²) in [5.74, 6) is 0.414. The lowest BCUT2D eigenvalue weighted by Crippen LogP contribution is -2.13. The highest BCUT2D eigenvalue weighted by Crippen LogP contribution is 2.29. The molecule has 0 aliphatic rings. The van der Waals surface area contributed by atoms with Crippen LogP contribution in [0.4, 0.5) is 17.3 Å². The van der Waals surface area contributed by atoms with Crippen LogP contribution < -0.4 is 15.4 Å². The van der Waals surface area contributed by atoms with Gasteiger partial charge in [-0.15, -0.1) is 0 Å². The molecule has 1 amide bonds. The Balaban J connectivity index is 1.55. The fourth-order valence-electron chi connectivity index (χ4n) is 3.18. The van der Waals surface area contributed by atoms with E-state index in [0.29, 0.717) is 50.1 Å². The lowest BCUT2D eigenvalue weighted by molar-refractivity contribution is 0.102. The number of aromatic nitrogens is 4. The van der Waals surface area contributed by atoms with Gasteiger partial charge in [-0.25, -0.2) is 9.97 Å². The van der Waals surface area contributed by atoms with E-state index in [1.54, 1.807) is 42.5 Å². The second-order valence-electron chi connectivity index (χ2n) is 7.67. The minimum absolute atomic E-state index is 0.217. The number of carbonyl (C=O) groups is 1. The van der Waals surface area contributed by atoms with Gasteiger partial charge in [0.05, 0.1) is 23.9 Å². The molecule has 0 atom stereocenters. The van der Waals surface area contributed by atoms with Crippen LogP contribution in [-0.2, 0) is 0 Å². The Morgan fingerprint density at radius 1 is 1.06 bits per heavy atom. The highest BCUT2D eigenvalue weighted by Gasteiger charge is 2.15. The molecule has 0 spiro atoms. The molecule has 10 heteroatoms. The third kappa shape index (κ3) is 5.30. The van der Waals surface area contributed by atoms with Crippen molar-refractivity contribution in [2.24, 2.45) is 0 Å². The molecule has 34 heavy (non-hydrogen) atoms. The molecule has 0 radical (unpaired) electrons. The number of nitrogens with one attached hydrogen (secondary N) is 2. The van der Waals surface area contributed by atoms with Gasteiger partial charge in [0.15, 0.2) is 0 Å². The van der Waals surface area contributed by atoms with E-state index in [1.807, 2.05) is 30.8 Å². The smallest absolute Gasteiger partial charge is 0.259 e. The first-order valence-electron chi connectivity index (χ1n) is 10.4. The number of benzene rings is 2. The predicted octanol–water partition coefficient (Wildman–Crippen LogP) is 6.23. The van der Waals surface area contributed by atoms with Crippen molar-refractivity contribution in [1.82, 2.24) is 19.7 Å². The maximum Gasteiger partial charge on any atom is 0.259 e. The number of carbonyl (C=O) groups excluding carboxylic acids is 1. The zero-order valence-electron chi connectivity index (χ0n) is 18.7. The van der Waals surface area contributed by atoms with E-state index in [1.165, 1.54) is 13.3 Å². The molecule has 2 aromatic carbocycles. The van der Waals surface area contributed by atoms with Gasteiger partial charge < -0.3 is 15.4 Å². The molecule has 8 nitrogen and oxygen atoms in total. The average molecular weight is 497 g/mol. The zero-order chi connectivity index (χ0) is 24.2. The fraction of sp³-hybridized carbons (Fsp3) is 0.167. The summed E-state index contributed by atoms with van der Waals surface area (Å²) in [6, 6.07) is 14.0. The molecule has 0 fully saturated rings. The Kier molecular flexibility index (Phi) is 7.00. The number of nitrogens with zero attached hydrogens (tertiary/aromatic N) is 4. The van der Waals surface area contributed by atoms with Crippen molar-refractivity contribution in [3.63, 3.8) is 0 Å².